The molecule has 5 rings (SSSR count). The van der Waals surface area contributed by atoms with E-state index in [1.54, 1.807) is 0 Å². The molecule has 1 aliphatic heterocycles. The van der Waals surface area contributed by atoms with Crippen molar-refractivity contribution in [3.8, 4) is 0 Å². The second-order valence-electron chi connectivity index (χ2n) is 7.30. The fraction of sp³-hybridized carbons (Fsp3) is 0.556. The van der Waals surface area contributed by atoms with Crippen molar-refractivity contribution >= 4 is 11.6 Å². The number of fused-ring (bicyclic) bond motifs is 1. The lowest BCUT2D eigenvalue weighted by atomic mass is 10.0. The van der Waals surface area contributed by atoms with Crippen LogP contribution < -0.4 is 10.2 Å². The number of nitrogens with one attached hydrogen (secondary N) is 1. The van der Waals surface area contributed by atoms with E-state index in [9.17, 15) is 0 Å². The van der Waals surface area contributed by atoms with Crippen molar-refractivity contribution in [2.75, 3.05) is 29.9 Å². The zero-order chi connectivity index (χ0) is 15.9. The van der Waals surface area contributed by atoms with Gasteiger partial charge in [0.2, 0.25) is 0 Å². The molecule has 3 aliphatic rings. The van der Waals surface area contributed by atoms with Crippen molar-refractivity contribution in [2.45, 2.75) is 38.0 Å². The predicted octanol–water partition coefficient (Wildman–Crippen LogP) is 2.18. The van der Waals surface area contributed by atoms with Gasteiger partial charge < -0.3 is 10.2 Å². The molecule has 3 heterocycles. The fourth-order valence-electron chi connectivity index (χ4n) is 3.65. The Morgan fingerprint density at radius 1 is 1.04 bits per heavy atom. The highest BCUT2D eigenvalue weighted by Crippen LogP contribution is 2.39. The van der Waals surface area contributed by atoms with Crippen molar-refractivity contribution in [2.24, 2.45) is 5.92 Å². The smallest absolute Gasteiger partial charge is 0.151 e. The molecule has 2 aromatic heterocycles. The van der Waals surface area contributed by atoms with Crippen LogP contribution in [0.15, 0.2) is 18.2 Å². The van der Waals surface area contributed by atoms with Gasteiger partial charge in [-0.05, 0) is 55.9 Å². The van der Waals surface area contributed by atoms with Gasteiger partial charge in [-0.25, -0.2) is 0 Å². The molecule has 2 fully saturated rings. The highest BCUT2D eigenvalue weighted by molar-refractivity contribution is 5.43. The summed E-state index contributed by atoms with van der Waals surface area (Å²) in [5, 5.41) is 20.8. The summed E-state index contributed by atoms with van der Waals surface area (Å²) in [4.78, 5) is 2.30. The Bertz CT molecular complexity index is 734. The minimum absolute atomic E-state index is 0.630. The number of hydrogen-bond donors (Lipinski definition) is 1. The first-order chi connectivity index (χ1) is 11.8. The molecule has 24 heavy (non-hydrogen) atoms. The molecule has 0 aromatic carbocycles. The third-order valence-corrected chi connectivity index (χ3v) is 5.34. The summed E-state index contributed by atoms with van der Waals surface area (Å²) in [7, 11) is 0. The molecular formula is C18H22N6. The Labute approximate surface area is 141 Å². The Morgan fingerprint density at radius 3 is 2.75 bits per heavy atom. The molecule has 0 unspecified atom stereocenters. The van der Waals surface area contributed by atoms with E-state index < -0.39 is 0 Å². The third kappa shape index (κ3) is 2.70. The van der Waals surface area contributed by atoms with E-state index in [-0.39, 0.29) is 0 Å². The molecule has 1 saturated carbocycles. The largest absolute Gasteiger partial charge is 0.368 e. The highest BCUT2D eigenvalue weighted by atomic mass is 15.3. The van der Waals surface area contributed by atoms with Crippen LogP contribution in [0.3, 0.4) is 0 Å². The lowest BCUT2D eigenvalue weighted by Gasteiger charge is -2.40. The maximum absolute atomic E-state index is 4.39. The number of nitrogens with zero attached hydrogens (tertiary/aromatic N) is 5. The van der Waals surface area contributed by atoms with E-state index in [1.807, 2.05) is 0 Å². The van der Waals surface area contributed by atoms with Crippen LogP contribution >= 0.6 is 0 Å². The molecule has 2 aliphatic carbocycles. The van der Waals surface area contributed by atoms with Crippen LogP contribution in [0.2, 0.25) is 0 Å². The first kappa shape index (κ1) is 14.1. The van der Waals surface area contributed by atoms with Gasteiger partial charge in [0, 0.05) is 31.5 Å². The summed E-state index contributed by atoms with van der Waals surface area (Å²) in [5.41, 5.74) is 3.71. The molecule has 1 saturated heterocycles. The maximum atomic E-state index is 4.39. The average molecular weight is 322 g/mol. The molecule has 2 aromatic rings. The van der Waals surface area contributed by atoms with Gasteiger partial charge in [0.1, 0.15) is 5.82 Å². The first-order valence-corrected chi connectivity index (χ1v) is 9.03. The third-order valence-electron chi connectivity index (χ3n) is 5.34. The molecule has 6 nitrogen and oxygen atoms in total. The molecular weight excluding hydrogens is 300 g/mol. The molecule has 0 spiro atoms. The average Bonchev–Trinajstić information content (AvgIpc) is 3.32. The van der Waals surface area contributed by atoms with Crippen molar-refractivity contribution in [1.82, 2.24) is 20.4 Å². The summed E-state index contributed by atoms with van der Waals surface area (Å²) in [6.45, 7) is 3.00. The van der Waals surface area contributed by atoms with Gasteiger partial charge in [-0.2, -0.15) is 10.2 Å². The molecule has 0 atom stereocenters. The van der Waals surface area contributed by atoms with Gasteiger partial charge in [0.25, 0.3) is 0 Å². The fourth-order valence-corrected chi connectivity index (χ4v) is 3.65. The van der Waals surface area contributed by atoms with Crippen LogP contribution in [0.25, 0.3) is 0 Å². The molecule has 124 valence electrons. The van der Waals surface area contributed by atoms with Crippen LogP contribution in [0.1, 0.15) is 42.1 Å². The van der Waals surface area contributed by atoms with Crippen molar-refractivity contribution in [3.05, 3.63) is 35.2 Å². The van der Waals surface area contributed by atoms with Crippen molar-refractivity contribution in [3.63, 3.8) is 0 Å². The number of rotatable bonds is 5. The number of hydrogen-bond acceptors (Lipinski definition) is 6. The van der Waals surface area contributed by atoms with Gasteiger partial charge in [-0.3, -0.25) is 0 Å². The van der Waals surface area contributed by atoms with Crippen molar-refractivity contribution < 1.29 is 0 Å². The molecule has 0 radical (unpaired) electrons. The molecule has 0 bridgehead atoms. The van der Waals surface area contributed by atoms with E-state index in [1.165, 1.54) is 30.5 Å². The van der Waals surface area contributed by atoms with Gasteiger partial charge >= 0.3 is 0 Å². The van der Waals surface area contributed by atoms with Gasteiger partial charge in [0.05, 0.1) is 11.4 Å². The molecule has 6 heteroatoms. The number of aromatic nitrogens is 4. The highest BCUT2D eigenvalue weighted by Gasteiger charge is 2.29. The summed E-state index contributed by atoms with van der Waals surface area (Å²) in [6, 6.07) is 6.44. The summed E-state index contributed by atoms with van der Waals surface area (Å²) in [5.74, 6) is 3.23. The maximum Gasteiger partial charge on any atom is 0.151 e. The summed E-state index contributed by atoms with van der Waals surface area (Å²) < 4.78 is 0. The SMILES string of the molecule is c1cc(N2CC(CNc3cc4c(nn3)CCC4)C2)nnc1C1CC1. The van der Waals surface area contributed by atoms with Gasteiger partial charge in [0.15, 0.2) is 5.82 Å². The molecule has 0 amide bonds. The van der Waals surface area contributed by atoms with Crippen LogP contribution in [0.5, 0.6) is 0 Å². The van der Waals surface area contributed by atoms with E-state index in [0.717, 1.165) is 49.8 Å². The molecule has 1 N–H and O–H groups in total. The van der Waals surface area contributed by atoms with E-state index >= 15 is 0 Å². The van der Waals surface area contributed by atoms with Crippen LogP contribution in [-0.2, 0) is 12.8 Å². The lowest BCUT2D eigenvalue weighted by molar-refractivity contribution is 0.425. The lowest BCUT2D eigenvalue weighted by Crippen LogP contribution is -2.50. The van der Waals surface area contributed by atoms with E-state index in [2.05, 4.69) is 48.8 Å². The number of anilines is 2. The quantitative estimate of drug-likeness (QED) is 0.910. The Kier molecular flexibility index (Phi) is 3.35. The van der Waals surface area contributed by atoms with E-state index in [4.69, 9.17) is 0 Å². The Hall–Kier alpha value is -2.24. The van der Waals surface area contributed by atoms with Gasteiger partial charge in [-0.1, -0.05) is 0 Å². The zero-order valence-corrected chi connectivity index (χ0v) is 13.8. The summed E-state index contributed by atoms with van der Waals surface area (Å²) >= 11 is 0. The standard InChI is InChI=1S/C18H22N6/c1-2-14-8-17(22-20-15(14)3-1)19-9-12-10-24(11-12)18-7-6-16(21-23-18)13-4-5-13/h6-8,12-13H,1-5,9-11H2,(H,19,22). The number of aryl methyl sites for hydroxylation is 2. The topological polar surface area (TPSA) is 66.8 Å². The predicted molar refractivity (Wildman–Crippen MR) is 92.3 cm³/mol. The normalized spacial score (nSPS) is 19.9. The zero-order valence-electron chi connectivity index (χ0n) is 13.8. The van der Waals surface area contributed by atoms with Gasteiger partial charge in [-0.15, -0.1) is 10.2 Å². The minimum atomic E-state index is 0.630. The monoisotopic (exact) mass is 322 g/mol. The second kappa shape index (κ2) is 5.69. The minimum Gasteiger partial charge on any atom is -0.368 e. The van der Waals surface area contributed by atoms with Crippen molar-refractivity contribution in [1.29, 1.82) is 0 Å². The van der Waals surface area contributed by atoms with E-state index in [0.29, 0.717) is 11.8 Å². The van der Waals surface area contributed by atoms with Crippen LogP contribution in [0, 0.1) is 5.92 Å². The van der Waals surface area contributed by atoms with Crippen LogP contribution in [0.4, 0.5) is 11.6 Å². The Morgan fingerprint density at radius 2 is 1.96 bits per heavy atom. The first-order valence-electron chi connectivity index (χ1n) is 9.03. The Balaban J connectivity index is 1.13. The second-order valence-corrected chi connectivity index (χ2v) is 7.30. The van der Waals surface area contributed by atoms with Crippen LogP contribution in [-0.4, -0.2) is 40.0 Å². The summed E-state index contributed by atoms with van der Waals surface area (Å²) in [6.07, 6.45) is 5.99.